The SMILES string of the molecule is C[Si](C)CCOCn1c(CNc2nc(N3CCOCC3)nc3c(C(F)(F)F)cnn23)nc2ccc(O)cc21. The summed E-state index contributed by atoms with van der Waals surface area (Å²) in [6, 6.07) is 5.84. The molecule has 1 aliphatic heterocycles. The highest BCUT2D eigenvalue weighted by Crippen LogP contribution is 2.33. The average Bonchev–Trinajstić information content (AvgIpc) is 3.47. The third-order valence-electron chi connectivity index (χ3n) is 6.14. The first-order valence-corrected chi connectivity index (χ1v) is 14.9. The summed E-state index contributed by atoms with van der Waals surface area (Å²) < 4.78 is 55.2. The molecule has 0 amide bonds. The lowest BCUT2D eigenvalue weighted by molar-refractivity contribution is -0.136. The molecular formula is C23H28F3N8O3Si. The van der Waals surface area contributed by atoms with Crippen LogP contribution in [0.3, 0.4) is 0 Å². The molecule has 4 aromatic rings. The number of aromatic nitrogens is 6. The average molecular weight is 550 g/mol. The van der Waals surface area contributed by atoms with Gasteiger partial charge < -0.3 is 29.4 Å². The number of alkyl halides is 3. The summed E-state index contributed by atoms with van der Waals surface area (Å²) in [6.07, 6.45) is -3.87. The van der Waals surface area contributed by atoms with E-state index in [1.54, 1.807) is 23.1 Å². The molecule has 3 aromatic heterocycles. The zero-order valence-corrected chi connectivity index (χ0v) is 22.0. The lowest BCUT2D eigenvalue weighted by atomic mass is 10.3. The van der Waals surface area contributed by atoms with E-state index in [-0.39, 0.29) is 36.6 Å². The smallest absolute Gasteiger partial charge is 0.421 e. The van der Waals surface area contributed by atoms with Crippen molar-refractivity contribution < 1.29 is 27.8 Å². The summed E-state index contributed by atoms with van der Waals surface area (Å²) in [5, 5.41) is 17.1. The van der Waals surface area contributed by atoms with E-state index >= 15 is 0 Å². The predicted octanol–water partition coefficient (Wildman–Crippen LogP) is 3.38. The van der Waals surface area contributed by atoms with E-state index in [0.717, 1.165) is 16.8 Å². The minimum Gasteiger partial charge on any atom is -0.508 e. The van der Waals surface area contributed by atoms with Crippen molar-refractivity contribution >= 4 is 37.4 Å². The number of phenolic OH excluding ortho intramolecular Hbond substituents is 1. The topological polar surface area (TPSA) is 115 Å². The first-order valence-electron chi connectivity index (χ1n) is 12.1. The van der Waals surface area contributed by atoms with Gasteiger partial charge in [0.25, 0.3) is 0 Å². The molecule has 203 valence electrons. The van der Waals surface area contributed by atoms with E-state index in [9.17, 15) is 18.3 Å². The summed E-state index contributed by atoms with van der Waals surface area (Å²) in [6.45, 7) is 7.12. The molecule has 0 saturated carbocycles. The number of aromatic hydroxyl groups is 1. The third-order valence-corrected chi connectivity index (χ3v) is 7.34. The maximum Gasteiger partial charge on any atom is 0.421 e. The van der Waals surface area contributed by atoms with Crippen LogP contribution in [0.25, 0.3) is 16.7 Å². The molecule has 15 heteroatoms. The number of nitrogens with zero attached hydrogens (tertiary/aromatic N) is 7. The maximum atomic E-state index is 13.7. The van der Waals surface area contributed by atoms with E-state index < -0.39 is 20.5 Å². The zero-order chi connectivity index (χ0) is 26.9. The second-order valence-electron chi connectivity index (χ2n) is 9.22. The molecule has 0 spiro atoms. The van der Waals surface area contributed by atoms with Gasteiger partial charge in [-0.3, -0.25) is 0 Å². The first kappa shape index (κ1) is 26.2. The second-order valence-corrected chi connectivity index (χ2v) is 12.1. The monoisotopic (exact) mass is 549 g/mol. The van der Waals surface area contributed by atoms with Gasteiger partial charge in [-0.05, 0) is 18.2 Å². The van der Waals surface area contributed by atoms with Crippen molar-refractivity contribution in [1.82, 2.24) is 29.1 Å². The van der Waals surface area contributed by atoms with Crippen molar-refractivity contribution in [1.29, 1.82) is 0 Å². The van der Waals surface area contributed by atoms with Crippen molar-refractivity contribution in [2.75, 3.05) is 43.1 Å². The fraction of sp³-hybridized carbons (Fsp3) is 0.478. The number of hydrogen-bond donors (Lipinski definition) is 2. The number of morpholine rings is 1. The quantitative estimate of drug-likeness (QED) is 0.240. The van der Waals surface area contributed by atoms with Crippen LogP contribution in [-0.2, 0) is 28.9 Å². The van der Waals surface area contributed by atoms with E-state index in [1.807, 2.05) is 4.57 Å². The molecule has 4 heterocycles. The Morgan fingerprint density at radius 3 is 2.68 bits per heavy atom. The van der Waals surface area contributed by atoms with Crippen LogP contribution in [0.2, 0.25) is 19.1 Å². The standard InChI is InChI=1S/C23H28F3N8O3Si/c1-38(2)10-9-37-14-33-18-11-15(35)3-4-17(18)29-19(33)13-27-21-31-22(32-5-7-36-8-6-32)30-20-16(23(24,25)26)12-28-34(20)21/h3-4,11-12,35H,5-10,13-14H2,1-2H3,(H,27,30,31). The summed E-state index contributed by atoms with van der Waals surface area (Å²) >= 11 is 0. The number of nitrogens with one attached hydrogen (secondary N) is 1. The molecule has 2 N–H and O–H groups in total. The number of rotatable bonds is 9. The summed E-state index contributed by atoms with van der Waals surface area (Å²) in [5.74, 6) is 0.910. The fourth-order valence-corrected chi connectivity index (χ4v) is 4.67. The van der Waals surface area contributed by atoms with E-state index in [0.29, 0.717) is 49.8 Å². The lowest BCUT2D eigenvalue weighted by Gasteiger charge is -2.27. The molecule has 0 bridgehead atoms. The summed E-state index contributed by atoms with van der Waals surface area (Å²) in [5.41, 5.74) is 0.0520. The number of halogens is 3. The number of benzene rings is 1. The Kier molecular flexibility index (Phi) is 7.40. The Labute approximate surface area is 217 Å². The van der Waals surface area contributed by atoms with Gasteiger partial charge in [0.15, 0.2) is 5.65 Å². The van der Waals surface area contributed by atoms with Crippen LogP contribution < -0.4 is 10.2 Å². The van der Waals surface area contributed by atoms with Gasteiger partial charge in [-0.2, -0.15) is 32.8 Å². The van der Waals surface area contributed by atoms with E-state index in [4.69, 9.17) is 9.47 Å². The molecule has 5 rings (SSSR count). The van der Waals surface area contributed by atoms with Crippen LogP contribution in [0.4, 0.5) is 25.1 Å². The van der Waals surface area contributed by atoms with Crippen molar-refractivity contribution in [2.45, 2.75) is 38.6 Å². The molecule has 0 unspecified atom stereocenters. The van der Waals surface area contributed by atoms with Crippen LogP contribution in [-0.4, -0.2) is 75.9 Å². The van der Waals surface area contributed by atoms with Crippen LogP contribution in [0.15, 0.2) is 24.4 Å². The second kappa shape index (κ2) is 10.7. The van der Waals surface area contributed by atoms with Gasteiger partial charge >= 0.3 is 6.18 Å². The Morgan fingerprint density at radius 2 is 1.95 bits per heavy atom. The molecule has 1 aliphatic rings. The highest BCUT2D eigenvalue weighted by atomic mass is 28.3. The molecule has 0 atom stereocenters. The summed E-state index contributed by atoms with van der Waals surface area (Å²) in [4.78, 5) is 15.1. The van der Waals surface area contributed by atoms with E-state index in [1.165, 1.54) is 0 Å². The van der Waals surface area contributed by atoms with E-state index in [2.05, 4.69) is 38.5 Å². The van der Waals surface area contributed by atoms with Gasteiger partial charge in [0.05, 0.1) is 37.0 Å². The van der Waals surface area contributed by atoms with Gasteiger partial charge in [0.2, 0.25) is 11.9 Å². The lowest BCUT2D eigenvalue weighted by Crippen LogP contribution is -2.37. The molecule has 1 fully saturated rings. The number of fused-ring (bicyclic) bond motifs is 2. The maximum absolute atomic E-state index is 13.7. The van der Waals surface area contributed by atoms with Gasteiger partial charge in [0.1, 0.15) is 23.9 Å². The van der Waals surface area contributed by atoms with Gasteiger partial charge in [-0.25, -0.2) is 4.98 Å². The highest BCUT2D eigenvalue weighted by Gasteiger charge is 2.36. The molecule has 1 radical (unpaired) electrons. The Morgan fingerprint density at radius 1 is 1.16 bits per heavy atom. The predicted molar refractivity (Wildman–Crippen MR) is 136 cm³/mol. The fourth-order valence-electron chi connectivity index (χ4n) is 4.12. The van der Waals surface area contributed by atoms with Crippen LogP contribution in [0.1, 0.15) is 11.4 Å². The van der Waals surface area contributed by atoms with Crippen molar-refractivity contribution in [3.8, 4) is 5.75 Å². The van der Waals surface area contributed by atoms with Crippen LogP contribution in [0.5, 0.6) is 5.75 Å². The van der Waals surface area contributed by atoms with Gasteiger partial charge in [-0.15, -0.1) is 0 Å². The number of imidazole rings is 1. The number of ether oxygens (including phenoxy) is 2. The third kappa shape index (κ3) is 5.54. The van der Waals surface area contributed by atoms with Crippen molar-refractivity contribution in [3.05, 3.63) is 35.8 Å². The van der Waals surface area contributed by atoms with Gasteiger partial charge in [-0.1, -0.05) is 13.1 Å². The van der Waals surface area contributed by atoms with Gasteiger partial charge in [0, 0.05) is 34.6 Å². The minimum absolute atomic E-state index is 0.0923. The molecule has 11 nitrogen and oxygen atoms in total. The minimum atomic E-state index is -4.62. The molecular weight excluding hydrogens is 521 g/mol. The molecule has 1 saturated heterocycles. The normalized spacial score (nSPS) is 14.7. The molecule has 0 aliphatic carbocycles. The zero-order valence-electron chi connectivity index (χ0n) is 21.0. The van der Waals surface area contributed by atoms with Crippen molar-refractivity contribution in [2.24, 2.45) is 0 Å². The first-order chi connectivity index (χ1) is 18.2. The Bertz CT molecular complexity index is 1420. The molecule has 38 heavy (non-hydrogen) atoms. The number of anilines is 2. The summed E-state index contributed by atoms with van der Waals surface area (Å²) in [7, 11) is -0.440. The van der Waals surface area contributed by atoms with Crippen molar-refractivity contribution in [3.63, 3.8) is 0 Å². The Balaban J connectivity index is 1.48. The molecule has 1 aromatic carbocycles. The number of phenols is 1. The largest absolute Gasteiger partial charge is 0.508 e. The van der Waals surface area contributed by atoms with Crippen LogP contribution in [0, 0.1) is 0 Å². The number of hydrogen-bond acceptors (Lipinski definition) is 9. The highest BCUT2D eigenvalue weighted by molar-refractivity contribution is 6.55. The Hall–Kier alpha value is -3.43. The van der Waals surface area contributed by atoms with Crippen LogP contribution >= 0.6 is 0 Å².